The summed E-state index contributed by atoms with van der Waals surface area (Å²) in [6.07, 6.45) is 1.70. The molecule has 1 aliphatic rings. The third-order valence-corrected chi connectivity index (χ3v) is 6.03. The van der Waals surface area contributed by atoms with Crippen LogP contribution in [0.1, 0.15) is 32.5 Å². The molecule has 2 N–H and O–H groups in total. The third kappa shape index (κ3) is 3.52. The Kier molecular flexibility index (Phi) is 4.53. The number of nitrogens with zero attached hydrogens (tertiary/aromatic N) is 1. The second kappa shape index (κ2) is 6.49. The summed E-state index contributed by atoms with van der Waals surface area (Å²) in [6, 6.07) is 8.03. The molecule has 1 aliphatic heterocycles. The molecular formula is C16H17N3O4S2. The molecule has 1 aromatic carbocycles. The highest BCUT2D eigenvalue weighted by atomic mass is 32.2. The Hall–Kier alpha value is -2.39. The fourth-order valence-corrected chi connectivity index (χ4v) is 4.79. The summed E-state index contributed by atoms with van der Waals surface area (Å²) in [5.74, 6) is -0.848. The maximum atomic E-state index is 12.2. The van der Waals surface area contributed by atoms with Gasteiger partial charge in [0.15, 0.2) is 0 Å². The average Bonchev–Trinajstić information content (AvgIpc) is 3.17. The Morgan fingerprint density at radius 3 is 2.56 bits per heavy atom. The van der Waals surface area contributed by atoms with Gasteiger partial charge in [0.1, 0.15) is 0 Å². The predicted octanol–water partition coefficient (Wildman–Crippen LogP) is 1.53. The first-order chi connectivity index (χ1) is 11.8. The molecule has 0 fully saturated rings. The van der Waals surface area contributed by atoms with Crippen LogP contribution in [0.3, 0.4) is 0 Å². The first-order valence-electron chi connectivity index (χ1n) is 7.54. The number of carbonyl (C=O) groups excluding carboxylic acids is 2. The van der Waals surface area contributed by atoms with E-state index in [1.54, 1.807) is 35.7 Å². The lowest BCUT2D eigenvalue weighted by atomic mass is 10.1. The lowest BCUT2D eigenvalue weighted by Gasteiger charge is -2.21. The minimum Gasteiger partial charge on any atom is -0.267 e. The van der Waals surface area contributed by atoms with Gasteiger partial charge < -0.3 is 0 Å². The number of rotatable bonds is 3. The molecule has 0 spiro atoms. The van der Waals surface area contributed by atoms with E-state index in [2.05, 4.69) is 10.9 Å². The number of sulfonamides is 1. The maximum absolute atomic E-state index is 12.2. The summed E-state index contributed by atoms with van der Waals surface area (Å²) in [4.78, 5) is 24.6. The summed E-state index contributed by atoms with van der Waals surface area (Å²) in [5, 5.41) is 1.77. The van der Waals surface area contributed by atoms with E-state index in [9.17, 15) is 18.0 Å². The van der Waals surface area contributed by atoms with Gasteiger partial charge >= 0.3 is 0 Å². The second-order valence-corrected chi connectivity index (χ2v) is 8.65. The van der Waals surface area contributed by atoms with Crippen LogP contribution in [-0.2, 0) is 16.4 Å². The molecule has 1 aromatic heterocycles. The van der Waals surface area contributed by atoms with Crippen molar-refractivity contribution >= 4 is 38.9 Å². The van der Waals surface area contributed by atoms with Crippen molar-refractivity contribution in [3.8, 4) is 0 Å². The average molecular weight is 379 g/mol. The molecule has 0 saturated heterocycles. The Bertz CT molecular complexity index is 923. The molecule has 2 aromatic rings. The summed E-state index contributed by atoms with van der Waals surface area (Å²) in [5.41, 5.74) is 6.46. The van der Waals surface area contributed by atoms with Gasteiger partial charge in [0.05, 0.1) is 16.8 Å². The van der Waals surface area contributed by atoms with Crippen LogP contribution < -0.4 is 15.2 Å². The van der Waals surface area contributed by atoms with Gasteiger partial charge in [-0.3, -0.25) is 24.7 Å². The first kappa shape index (κ1) is 17.4. The molecule has 25 heavy (non-hydrogen) atoms. The van der Waals surface area contributed by atoms with Crippen LogP contribution in [-0.4, -0.2) is 32.5 Å². The van der Waals surface area contributed by atoms with Gasteiger partial charge in [-0.05, 0) is 48.6 Å². The van der Waals surface area contributed by atoms with E-state index in [1.807, 2.05) is 6.92 Å². The SMILES string of the molecule is C[C@H]1Cc2cc(C(=O)NNC(=O)c3cccs3)ccc2N1S(C)(=O)=O. The van der Waals surface area contributed by atoms with Crippen molar-refractivity contribution < 1.29 is 18.0 Å². The topological polar surface area (TPSA) is 95.6 Å². The van der Waals surface area contributed by atoms with Gasteiger partial charge in [-0.1, -0.05) is 6.07 Å². The molecule has 0 bridgehead atoms. The molecule has 0 saturated carbocycles. The number of hydrogen-bond donors (Lipinski definition) is 2. The van der Waals surface area contributed by atoms with E-state index in [0.29, 0.717) is 22.5 Å². The summed E-state index contributed by atoms with van der Waals surface area (Å²) in [6.45, 7) is 1.82. The van der Waals surface area contributed by atoms with Crippen molar-refractivity contribution in [2.75, 3.05) is 10.6 Å². The number of benzene rings is 1. The van der Waals surface area contributed by atoms with Gasteiger partial charge in [-0.2, -0.15) is 0 Å². The van der Waals surface area contributed by atoms with Crippen LogP contribution in [0.2, 0.25) is 0 Å². The van der Waals surface area contributed by atoms with Gasteiger partial charge in [0, 0.05) is 11.6 Å². The van der Waals surface area contributed by atoms with Gasteiger partial charge in [0.2, 0.25) is 10.0 Å². The Balaban J connectivity index is 1.73. The van der Waals surface area contributed by atoms with Crippen molar-refractivity contribution in [2.45, 2.75) is 19.4 Å². The lowest BCUT2D eigenvalue weighted by molar-refractivity contribution is 0.0849. The van der Waals surface area contributed by atoms with Crippen molar-refractivity contribution in [2.24, 2.45) is 0 Å². The Labute approximate surface area is 149 Å². The van der Waals surface area contributed by atoms with E-state index in [-0.39, 0.29) is 11.9 Å². The van der Waals surface area contributed by atoms with E-state index < -0.39 is 15.9 Å². The molecule has 132 valence electrons. The van der Waals surface area contributed by atoms with Gasteiger partial charge in [0.25, 0.3) is 11.8 Å². The zero-order chi connectivity index (χ0) is 18.2. The van der Waals surface area contributed by atoms with Crippen LogP contribution in [0.4, 0.5) is 5.69 Å². The molecule has 1 atom stereocenters. The lowest BCUT2D eigenvalue weighted by Crippen LogP contribution is -2.41. The number of fused-ring (bicyclic) bond motifs is 1. The van der Waals surface area contributed by atoms with E-state index in [4.69, 9.17) is 0 Å². The molecule has 9 heteroatoms. The van der Waals surface area contributed by atoms with Crippen LogP contribution in [0, 0.1) is 0 Å². The number of nitrogens with one attached hydrogen (secondary N) is 2. The van der Waals surface area contributed by atoms with Gasteiger partial charge in [-0.25, -0.2) is 8.42 Å². The number of hydrazine groups is 1. The normalized spacial score (nSPS) is 16.4. The highest BCUT2D eigenvalue weighted by molar-refractivity contribution is 7.92. The first-order valence-corrected chi connectivity index (χ1v) is 10.3. The number of hydrogen-bond acceptors (Lipinski definition) is 5. The second-order valence-electron chi connectivity index (χ2n) is 5.84. The molecule has 2 amide bonds. The minimum atomic E-state index is -3.37. The largest absolute Gasteiger partial charge is 0.279 e. The zero-order valence-corrected chi connectivity index (χ0v) is 15.3. The fraction of sp³-hybridized carbons (Fsp3) is 0.250. The van der Waals surface area contributed by atoms with Crippen molar-refractivity contribution in [1.29, 1.82) is 0 Å². The number of thiophene rings is 1. The molecule has 0 radical (unpaired) electrons. The number of amides is 2. The minimum absolute atomic E-state index is 0.193. The number of anilines is 1. The molecule has 0 unspecified atom stereocenters. The standard InChI is InChI=1S/C16H17N3O4S2/c1-10-8-12-9-11(5-6-13(12)19(10)25(2,22)23)15(20)17-18-16(21)14-4-3-7-24-14/h3-7,9-10H,8H2,1-2H3,(H,17,20)(H,18,21)/t10-/m0/s1. The van der Waals surface area contributed by atoms with Crippen LogP contribution >= 0.6 is 11.3 Å². The van der Waals surface area contributed by atoms with Gasteiger partial charge in [-0.15, -0.1) is 11.3 Å². The zero-order valence-electron chi connectivity index (χ0n) is 13.6. The summed E-state index contributed by atoms with van der Waals surface area (Å²) < 4.78 is 25.2. The third-order valence-electron chi connectivity index (χ3n) is 3.89. The van der Waals surface area contributed by atoms with E-state index in [1.165, 1.54) is 21.9 Å². The maximum Gasteiger partial charge on any atom is 0.279 e. The molecular weight excluding hydrogens is 362 g/mol. The van der Waals surface area contributed by atoms with E-state index >= 15 is 0 Å². The van der Waals surface area contributed by atoms with Crippen molar-refractivity contribution in [3.63, 3.8) is 0 Å². The molecule has 2 heterocycles. The van der Waals surface area contributed by atoms with E-state index in [0.717, 1.165) is 5.56 Å². The van der Waals surface area contributed by atoms with Crippen LogP contribution in [0.25, 0.3) is 0 Å². The molecule has 7 nitrogen and oxygen atoms in total. The Morgan fingerprint density at radius 2 is 1.92 bits per heavy atom. The molecule has 0 aliphatic carbocycles. The smallest absolute Gasteiger partial charge is 0.267 e. The predicted molar refractivity (Wildman–Crippen MR) is 96.2 cm³/mol. The Morgan fingerprint density at radius 1 is 1.20 bits per heavy atom. The van der Waals surface area contributed by atoms with Crippen LogP contribution in [0.15, 0.2) is 35.7 Å². The highest BCUT2D eigenvalue weighted by Crippen LogP contribution is 2.34. The van der Waals surface area contributed by atoms with Crippen LogP contribution in [0.5, 0.6) is 0 Å². The van der Waals surface area contributed by atoms with Crippen molar-refractivity contribution in [3.05, 3.63) is 51.7 Å². The highest BCUT2D eigenvalue weighted by Gasteiger charge is 2.32. The summed E-state index contributed by atoms with van der Waals surface area (Å²) in [7, 11) is -3.37. The summed E-state index contributed by atoms with van der Waals surface area (Å²) >= 11 is 1.27. The van der Waals surface area contributed by atoms with Crippen molar-refractivity contribution in [1.82, 2.24) is 10.9 Å². The monoisotopic (exact) mass is 379 g/mol. The molecule has 3 rings (SSSR count). The fourth-order valence-electron chi connectivity index (χ4n) is 2.90. The number of carbonyl (C=O) groups is 2. The quantitative estimate of drug-likeness (QED) is 0.791.